The van der Waals surface area contributed by atoms with Gasteiger partial charge in [0.05, 0.1) is 0 Å². The molecule has 0 saturated heterocycles. The Hall–Kier alpha value is -8.46. The quantitative estimate of drug-likeness (QED) is 0.107. The molecule has 0 fully saturated rings. The van der Waals surface area contributed by atoms with Gasteiger partial charge < -0.3 is 9.80 Å². The minimum atomic E-state index is 0.341. The molecule has 0 heterocycles. The lowest BCUT2D eigenvalue weighted by Gasteiger charge is -2.26. The van der Waals surface area contributed by atoms with Gasteiger partial charge in [0.1, 0.15) is 0 Å². The summed E-state index contributed by atoms with van der Waals surface area (Å²) < 4.78 is 0. The van der Waals surface area contributed by atoms with Gasteiger partial charge >= 0.3 is 0 Å². The highest BCUT2D eigenvalue weighted by atomic mass is 15.1. The number of aryl methyl sites for hydroxylation is 2. The first-order chi connectivity index (χ1) is 33.5. The molecule has 9 aromatic rings. The number of nitrogens with zero attached hydrogens (tertiary/aromatic N) is 2. The van der Waals surface area contributed by atoms with Crippen LogP contribution in [-0.2, 0) is 0 Å². The van der Waals surface area contributed by atoms with Crippen LogP contribution in [0, 0.1) is 19.8 Å². The standard InChI is InChI=1S/C66H54N2/c1-49-23-35-59(36-24-49)67(61-39-27-51(28-40-61)47-65(55-15-7-3-8-16-55)56-17-9-4-10-18-56)63-43-31-53(32-44-63)54-33-45-64(46-34-54)68(60-37-25-50(2)26-38-60)62-41-29-52(30-42-62)48-66(57-19-11-5-12-20-57)58-21-13-6-14-22-58/h3-21,23-48,58H,22H2,1-2H3/b66-48+. The normalized spacial score (nSPS) is 13.2. The summed E-state index contributed by atoms with van der Waals surface area (Å²) in [7, 11) is 0. The van der Waals surface area contributed by atoms with E-state index in [9.17, 15) is 0 Å². The van der Waals surface area contributed by atoms with Crippen molar-refractivity contribution < 1.29 is 0 Å². The van der Waals surface area contributed by atoms with Crippen LogP contribution in [0.25, 0.3) is 34.4 Å². The molecular weight excluding hydrogens is 821 g/mol. The van der Waals surface area contributed by atoms with E-state index in [1.165, 1.54) is 44.5 Å². The molecule has 0 aliphatic heterocycles. The van der Waals surface area contributed by atoms with E-state index in [-0.39, 0.29) is 0 Å². The van der Waals surface area contributed by atoms with Gasteiger partial charge in [-0.15, -0.1) is 0 Å². The number of anilines is 6. The van der Waals surface area contributed by atoms with Crippen LogP contribution in [0.3, 0.4) is 0 Å². The molecule has 0 amide bonds. The highest BCUT2D eigenvalue weighted by Crippen LogP contribution is 2.40. The van der Waals surface area contributed by atoms with Crippen molar-refractivity contribution in [3.05, 3.63) is 300 Å². The van der Waals surface area contributed by atoms with E-state index in [4.69, 9.17) is 0 Å². The van der Waals surface area contributed by atoms with Crippen LogP contribution in [0.4, 0.5) is 34.1 Å². The Kier molecular flexibility index (Phi) is 13.0. The fourth-order valence-corrected chi connectivity index (χ4v) is 9.09. The monoisotopic (exact) mass is 874 g/mol. The molecule has 0 saturated carbocycles. The SMILES string of the molecule is Cc1ccc(N(c2ccc(C=C(c3ccccc3)c3ccccc3)cc2)c2ccc(-c3ccc(N(c4ccc(C)cc4)c4ccc(/C=C(\c5ccccc5)C5C=CC=CC5)cc4)cc3)cc2)cc1. The van der Waals surface area contributed by atoms with Gasteiger partial charge in [0, 0.05) is 40.0 Å². The maximum atomic E-state index is 2.35. The molecular formula is C66H54N2. The second kappa shape index (κ2) is 20.4. The summed E-state index contributed by atoms with van der Waals surface area (Å²) in [4.78, 5) is 4.68. The van der Waals surface area contributed by atoms with Gasteiger partial charge in [-0.1, -0.05) is 205 Å². The van der Waals surface area contributed by atoms with Crippen LogP contribution in [0.2, 0.25) is 0 Å². The smallest absolute Gasteiger partial charge is 0.0462 e. The fourth-order valence-electron chi connectivity index (χ4n) is 9.09. The summed E-state index contributed by atoms with van der Waals surface area (Å²) in [5.74, 6) is 0.341. The van der Waals surface area contributed by atoms with Crippen molar-refractivity contribution in [3.8, 4) is 11.1 Å². The minimum Gasteiger partial charge on any atom is -0.311 e. The molecule has 10 rings (SSSR count). The van der Waals surface area contributed by atoms with Crippen molar-refractivity contribution in [1.29, 1.82) is 0 Å². The summed E-state index contributed by atoms with van der Waals surface area (Å²) in [5.41, 5.74) is 19.9. The zero-order chi connectivity index (χ0) is 46.1. The topological polar surface area (TPSA) is 6.48 Å². The van der Waals surface area contributed by atoms with Gasteiger partial charge in [-0.05, 0) is 149 Å². The number of hydrogen-bond donors (Lipinski definition) is 0. The summed E-state index contributed by atoms with van der Waals surface area (Å²) in [6.07, 6.45) is 14.5. The molecule has 1 unspecified atom stereocenters. The van der Waals surface area contributed by atoms with E-state index in [0.29, 0.717) is 5.92 Å². The van der Waals surface area contributed by atoms with Gasteiger partial charge in [-0.3, -0.25) is 0 Å². The Morgan fingerprint density at radius 2 is 0.721 bits per heavy atom. The molecule has 1 aliphatic carbocycles. The fraction of sp³-hybridized carbons (Fsp3) is 0.0606. The zero-order valence-corrected chi connectivity index (χ0v) is 38.7. The van der Waals surface area contributed by atoms with Crippen LogP contribution >= 0.6 is 0 Å². The molecule has 0 N–H and O–H groups in total. The number of allylic oxidation sites excluding steroid dienone is 5. The van der Waals surface area contributed by atoms with Gasteiger partial charge in [0.2, 0.25) is 0 Å². The Balaban J connectivity index is 0.928. The van der Waals surface area contributed by atoms with Crippen molar-refractivity contribution in [2.24, 2.45) is 5.92 Å². The van der Waals surface area contributed by atoms with Crippen LogP contribution in [0.1, 0.15) is 45.4 Å². The van der Waals surface area contributed by atoms with Crippen LogP contribution in [0.5, 0.6) is 0 Å². The first kappa shape index (κ1) is 43.4. The third-order valence-electron chi connectivity index (χ3n) is 12.8. The van der Waals surface area contributed by atoms with Crippen LogP contribution < -0.4 is 9.80 Å². The predicted molar refractivity (Wildman–Crippen MR) is 291 cm³/mol. The maximum Gasteiger partial charge on any atom is 0.0462 e. The zero-order valence-electron chi connectivity index (χ0n) is 38.7. The molecule has 328 valence electrons. The Morgan fingerprint density at radius 1 is 0.368 bits per heavy atom. The van der Waals surface area contributed by atoms with Gasteiger partial charge in [0.25, 0.3) is 0 Å². The molecule has 0 radical (unpaired) electrons. The number of hydrogen-bond acceptors (Lipinski definition) is 2. The Bertz CT molecular complexity index is 3140. The van der Waals surface area contributed by atoms with Gasteiger partial charge in [-0.2, -0.15) is 0 Å². The first-order valence-electron chi connectivity index (χ1n) is 23.6. The van der Waals surface area contributed by atoms with Crippen molar-refractivity contribution in [3.63, 3.8) is 0 Å². The first-order valence-corrected chi connectivity index (χ1v) is 23.6. The highest BCUT2D eigenvalue weighted by Gasteiger charge is 2.17. The van der Waals surface area contributed by atoms with E-state index >= 15 is 0 Å². The molecule has 2 heteroatoms. The molecule has 2 nitrogen and oxygen atoms in total. The van der Waals surface area contributed by atoms with Crippen LogP contribution in [0.15, 0.2) is 261 Å². The molecule has 0 aromatic heterocycles. The van der Waals surface area contributed by atoms with Crippen molar-refractivity contribution in [2.75, 3.05) is 9.80 Å². The van der Waals surface area contributed by atoms with Crippen LogP contribution in [-0.4, -0.2) is 0 Å². The van der Waals surface area contributed by atoms with E-state index in [0.717, 1.165) is 57.2 Å². The highest BCUT2D eigenvalue weighted by molar-refractivity contribution is 5.92. The average Bonchev–Trinajstić information content (AvgIpc) is 3.41. The molecule has 1 aliphatic rings. The lowest BCUT2D eigenvalue weighted by Crippen LogP contribution is -2.10. The third-order valence-corrected chi connectivity index (χ3v) is 12.8. The predicted octanol–water partition coefficient (Wildman–Crippen LogP) is 18.2. The largest absolute Gasteiger partial charge is 0.311 e. The summed E-state index contributed by atoms with van der Waals surface area (Å²) >= 11 is 0. The second-order valence-electron chi connectivity index (χ2n) is 17.5. The Morgan fingerprint density at radius 3 is 1.10 bits per heavy atom. The number of benzene rings is 9. The average molecular weight is 875 g/mol. The van der Waals surface area contributed by atoms with Crippen molar-refractivity contribution >= 4 is 57.4 Å². The number of rotatable bonds is 13. The summed E-state index contributed by atoms with van der Waals surface area (Å²) in [6.45, 7) is 4.27. The van der Waals surface area contributed by atoms with Crippen molar-refractivity contribution in [2.45, 2.75) is 20.3 Å². The summed E-state index contributed by atoms with van der Waals surface area (Å²) in [5, 5.41) is 0. The molecule has 1 atom stereocenters. The van der Waals surface area contributed by atoms with Gasteiger partial charge in [-0.25, -0.2) is 0 Å². The van der Waals surface area contributed by atoms with Crippen molar-refractivity contribution in [1.82, 2.24) is 0 Å². The molecule has 9 aromatic carbocycles. The Labute approximate surface area is 402 Å². The molecule has 0 spiro atoms. The third kappa shape index (κ3) is 10.0. The maximum absolute atomic E-state index is 2.35. The second-order valence-corrected chi connectivity index (χ2v) is 17.5. The lowest BCUT2D eigenvalue weighted by atomic mass is 9.86. The minimum absolute atomic E-state index is 0.341. The molecule has 0 bridgehead atoms. The van der Waals surface area contributed by atoms with Gasteiger partial charge in [0.15, 0.2) is 0 Å². The molecule has 68 heavy (non-hydrogen) atoms. The van der Waals surface area contributed by atoms with E-state index in [1.54, 1.807) is 0 Å². The van der Waals surface area contributed by atoms with E-state index < -0.39 is 0 Å². The van der Waals surface area contributed by atoms with E-state index in [2.05, 4.69) is 297 Å². The van der Waals surface area contributed by atoms with E-state index in [1.807, 2.05) is 0 Å². The lowest BCUT2D eigenvalue weighted by molar-refractivity contribution is 0.846. The summed E-state index contributed by atoms with van der Waals surface area (Å²) in [6, 6.07) is 85.4.